The van der Waals surface area contributed by atoms with E-state index in [0.29, 0.717) is 0 Å². The fourth-order valence-electron chi connectivity index (χ4n) is 2.08. The topological polar surface area (TPSA) is 17.8 Å². The second-order valence-corrected chi connectivity index (χ2v) is 4.42. The minimum atomic E-state index is 1.02. The number of aromatic nitrogens is 2. The molecule has 0 aliphatic carbocycles. The van der Waals surface area contributed by atoms with Gasteiger partial charge in [0.25, 0.3) is 0 Å². The molecule has 2 nitrogen and oxygen atoms in total. The fourth-order valence-corrected chi connectivity index (χ4v) is 2.08. The molecular weight excluding hydrogens is 208 g/mol. The highest BCUT2D eigenvalue weighted by Gasteiger charge is 2.01. The fraction of sp³-hybridized carbons (Fsp3) is 0.400. The Morgan fingerprint density at radius 1 is 1.12 bits per heavy atom. The molecule has 0 aliphatic rings. The van der Waals surface area contributed by atoms with Crippen molar-refractivity contribution in [2.75, 3.05) is 0 Å². The minimum absolute atomic E-state index is 1.02. The van der Waals surface area contributed by atoms with Crippen molar-refractivity contribution in [3.63, 3.8) is 0 Å². The number of nitrogens with zero attached hydrogens (tertiary/aromatic N) is 2. The number of hydrogen-bond donors (Lipinski definition) is 0. The van der Waals surface area contributed by atoms with Gasteiger partial charge in [-0.05, 0) is 30.4 Å². The smallest absolute Gasteiger partial charge is 0.0946 e. The largest absolute Gasteiger partial charge is 0.337 e. The maximum absolute atomic E-state index is 4.07. The summed E-state index contributed by atoms with van der Waals surface area (Å²) in [6.07, 6.45) is 10.6. The summed E-state index contributed by atoms with van der Waals surface area (Å²) in [7, 11) is 0. The van der Waals surface area contributed by atoms with E-state index in [1.165, 1.54) is 30.4 Å². The third kappa shape index (κ3) is 3.45. The van der Waals surface area contributed by atoms with Gasteiger partial charge in [0.05, 0.1) is 6.33 Å². The molecular formula is C15H20N2. The van der Waals surface area contributed by atoms with Gasteiger partial charge in [-0.3, -0.25) is 0 Å². The van der Waals surface area contributed by atoms with Crippen LogP contribution in [0, 0.1) is 0 Å². The van der Waals surface area contributed by atoms with Crippen molar-refractivity contribution >= 4 is 0 Å². The van der Waals surface area contributed by atoms with Crippen LogP contribution in [0.4, 0.5) is 0 Å². The van der Waals surface area contributed by atoms with Crippen LogP contribution in [0.5, 0.6) is 0 Å². The number of hydrogen-bond acceptors (Lipinski definition) is 1. The number of benzene rings is 1. The van der Waals surface area contributed by atoms with E-state index in [1.54, 1.807) is 0 Å². The molecule has 0 bridgehead atoms. The Bertz CT molecular complexity index is 432. The molecule has 0 spiro atoms. The molecule has 0 unspecified atom stereocenters. The van der Waals surface area contributed by atoms with Crippen LogP contribution < -0.4 is 0 Å². The third-order valence-electron chi connectivity index (χ3n) is 3.12. The molecule has 0 fully saturated rings. The van der Waals surface area contributed by atoms with E-state index in [0.717, 1.165) is 13.0 Å². The highest BCUT2D eigenvalue weighted by molar-refractivity contribution is 5.27. The highest BCUT2D eigenvalue weighted by Crippen LogP contribution is 2.13. The number of aryl methyl sites for hydroxylation is 3. The summed E-state index contributed by atoms with van der Waals surface area (Å²) < 4.78 is 2.14. The van der Waals surface area contributed by atoms with Gasteiger partial charge in [0, 0.05) is 18.9 Å². The summed E-state index contributed by atoms with van der Waals surface area (Å²) in [6.45, 7) is 3.26. The maximum Gasteiger partial charge on any atom is 0.0946 e. The standard InChI is InChI=1S/C15H20N2/c1-2-3-6-14-7-4-5-8-15(14)9-11-17-12-10-16-13-17/h4-5,7-8,10,12-13H,2-3,6,9,11H2,1H3. The zero-order valence-corrected chi connectivity index (χ0v) is 10.5. The van der Waals surface area contributed by atoms with Crippen LogP contribution in [0.2, 0.25) is 0 Å². The van der Waals surface area contributed by atoms with Gasteiger partial charge >= 0.3 is 0 Å². The van der Waals surface area contributed by atoms with E-state index in [-0.39, 0.29) is 0 Å². The van der Waals surface area contributed by atoms with Gasteiger partial charge in [-0.2, -0.15) is 0 Å². The molecule has 0 atom stereocenters. The molecule has 1 aromatic carbocycles. The van der Waals surface area contributed by atoms with Crippen molar-refractivity contribution in [2.24, 2.45) is 0 Å². The van der Waals surface area contributed by atoms with Crippen LogP contribution in [0.3, 0.4) is 0 Å². The van der Waals surface area contributed by atoms with E-state index < -0.39 is 0 Å². The van der Waals surface area contributed by atoms with Gasteiger partial charge in [-0.15, -0.1) is 0 Å². The Labute approximate surface area is 103 Å². The molecule has 2 aromatic rings. The van der Waals surface area contributed by atoms with Crippen LogP contribution in [0.15, 0.2) is 43.0 Å². The van der Waals surface area contributed by atoms with Crippen molar-refractivity contribution in [3.8, 4) is 0 Å². The van der Waals surface area contributed by atoms with Crippen LogP contribution in [-0.4, -0.2) is 9.55 Å². The first-order chi connectivity index (χ1) is 8.40. The third-order valence-corrected chi connectivity index (χ3v) is 3.12. The van der Waals surface area contributed by atoms with Gasteiger partial charge in [0.1, 0.15) is 0 Å². The number of unbranched alkanes of at least 4 members (excludes halogenated alkanes) is 1. The lowest BCUT2D eigenvalue weighted by Gasteiger charge is -2.09. The molecule has 0 radical (unpaired) electrons. The summed E-state index contributed by atoms with van der Waals surface area (Å²) in [5, 5.41) is 0. The predicted molar refractivity (Wildman–Crippen MR) is 71.0 cm³/mol. The first-order valence-electron chi connectivity index (χ1n) is 6.42. The Hall–Kier alpha value is -1.57. The normalized spacial score (nSPS) is 10.6. The molecule has 2 rings (SSSR count). The monoisotopic (exact) mass is 228 g/mol. The lowest BCUT2D eigenvalue weighted by Crippen LogP contribution is -2.01. The van der Waals surface area contributed by atoms with Crippen molar-refractivity contribution in [2.45, 2.75) is 39.2 Å². The highest BCUT2D eigenvalue weighted by atomic mass is 15.0. The van der Waals surface area contributed by atoms with Crippen molar-refractivity contribution < 1.29 is 0 Å². The van der Waals surface area contributed by atoms with Crippen LogP contribution in [-0.2, 0) is 19.4 Å². The molecule has 1 heterocycles. The summed E-state index contributed by atoms with van der Waals surface area (Å²) in [4.78, 5) is 4.07. The van der Waals surface area contributed by atoms with Gasteiger partial charge in [-0.1, -0.05) is 37.6 Å². The van der Waals surface area contributed by atoms with Crippen LogP contribution in [0.25, 0.3) is 0 Å². The van der Waals surface area contributed by atoms with Gasteiger partial charge in [0.15, 0.2) is 0 Å². The molecule has 0 saturated heterocycles. The first kappa shape index (κ1) is 11.9. The second kappa shape index (κ2) is 6.24. The van der Waals surface area contributed by atoms with Crippen LogP contribution >= 0.6 is 0 Å². The lowest BCUT2D eigenvalue weighted by molar-refractivity contribution is 0.687. The summed E-state index contributed by atoms with van der Waals surface area (Å²) in [6, 6.07) is 8.80. The average Bonchev–Trinajstić information content (AvgIpc) is 2.88. The molecule has 1 aromatic heterocycles. The molecule has 17 heavy (non-hydrogen) atoms. The van der Waals surface area contributed by atoms with Crippen molar-refractivity contribution in [3.05, 3.63) is 54.1 Å². The van der Waals surface area contributed by atoms with Crippen LogP contribution in [0.1, 0.15) is 30.9 Å². The van der Waals surface area contributed by atoms with E-state index in [4.69, 9.17) is 0 Å². The molecule has 0 aliphatic heterocycles. The quantitative estimate of drug-likeness (QED) is 0.740. The summed E-state index contributed by atoms with van der Waals surface area (Å²) >= 11 is 0. The first-order valence-corrected chi connectivity index (χ1v) is 6.42. The zero-order chi connectivity index (χ0) is 11.9. The summed E-state index contributed by atoms with van der Waals surface area (Å²) in [5.41, 5.74) is 2.99. The van der Waals surface area contributed by atoms with Gasteiger partial charge < -0.3 is 4.57 Å². The van der Waals surface area contributed by atoms with E-state index >= 15 is 0 Å². The average molecular weight is 228 g/mol. The van der Waals surface area contributed by atoms with E-state index in [2.05, 4.69) is 40.7 Å². The lowest BCUT2D eigenvalue weighted by atomic mass is 10.00. The zero-order valence-electron chi connectivity index (χ0n) is 10.5. The number of rotatable bonds is 6. The molecule has 0 N–H and O–H groups in total. The Balaban J connectivity index is 1.99. The molecule has 0 amide bonds. The molecule has 90 valence electrons. The van der Waals surface area contributed by atoms with E-state index in [9.17, 15) is 0 Å². The van der Waals surface area contributed by atoms with Crippen molar-refractivity contribution in [1.29, 1.82) is 0 Å². The van der Waals surface area contributed by atoms with E-state index in [1.807, 2.05) is 18.7 Å². The second-order valence-electron chi connectivity index (χ2n) is 4.42. The SMILES string of the molecule is CCCCc1ccccc1CCn1ccnc1. The number of imidazole rings is 1. The van der Waals surface area contributed by atoms with Crippen molar-refractivity contribution in [1.82, 2.24) is 9.55 Å². The predicted octanol–water partition coefficient (Wildman–Crippen LogP) is 3.47. The minimum Gasteiger partial charge on any atom is -0.337 e. The maximum atomic E-state index is 4.07. The Morgan fingerprint density at radius 3 is 2.53 bits per heavy atom. The van der Waals surface area contributed by atoms with Gasteiger partial charge in [-0.25, -0.2) is 4.98 Å². The Kier molecular flexibility index (Phi) is 4.37. The molecule has 0 saturated carbocycles. The van der Waals surface area contributed by atoms with Gasteiger partial charge in [0.2, 0.25) is 0 Å². The summed E-state index contributed by atoms with van der Waals surface area (Å²) in [5.74, 6) is 0. The molecule has 2 heteroatoms. The Morgan fingerprint density at radius 2 is 1.88 bits per heavy atom.